The molecule has 1 unspecified atom stereocenters. The predicted octanol–water partition coefficient (Wildman–Crippen LogP) is 3.22. The fraction of sp³-hybridized carbons (Fsp3) is 0.364. The Morgan fingerprint density at radius 2 is 2.42 bits per heavy atom. The molecule has 1 atom stereocenters. The van der Waals surface area contributed by atoms with Crippen LogP contribution in [0, 0.1) is 0 Å². The first-order chi connectivity index (χ1) is 9.10. The van der Waals surface area contributed by atoms with Gasteiger partial charge >= 0.3 is 5.97 Å². The molecule has 0 aliphatic heterocycles. The zero-order valence-electron chi connectivity index (χ0n) is 10.1. The number of nitrogens with one attached hydrogen (secondary N) is 1. The maximum absolute atomic E-state index is 11.8. The van der Waals surface area contributed by atoms with Crippen LogP contribution in [0.2, 0.25) is 5.02 Å². The second-order valence-corrected chi connectivity index (χ2v) is 4.82. The molecule has 6 nitrogen and oxygen atoms in total. The average molecular weight is 348 g/mol. The third kappa shape index (κ3) is 4.72. The molecule has 1 rings (SSSR count). The lowest BCUT2D eigenvalue weighted by Gasteiger charge is -2.17. The molecule has 0 saturated carbocycles. The minimum atomic E-state index is -0.648. The van der Waals surface area contributed by atoms with Crippen molar-refractivity contribution in [1.29, 1.82) is 0 Å². The van der Waals surface area contributed by atoms with Crippen molar-refractivity contribution in [2.75, 3.05) is 20.2 Å². The molecule has 0 heterocycles. The highest BCUT2D eigenvalue weighted by molar-refractivity contribution is 9.10. The Labute approximate surface area is 123 Å². The van der Waals surface area contributed by atoms with Crippen molar-refractivity contribution < 1.29 is 9.53 Å². The topological polar surface area (TPSA) is 87.1 Å². The fourth-order valence-electron chi connectivity index (χ4n) is 1.48. The van der Waals surface area contributed by atoms with Crippen molar-refractivity contribution >= 4 is 33.5 Å². The quantitative estimate of drug-likeness (QED) is 0.282. The highest BCUT2D eigenvalue weighted by Gasteiger charge is 2.22. The summed E-state index contributed by atoms with van der Waals surface area (Å²) in [5, 5.41) is 6.92. The van der Waals surface area contributed by atoms with Gasteiger partial charge in [-0.2, -0.15) is 0 Å². The Kier molecular flexibility index (Phi) is 6.66. The van der Waals surface area contributed by atoms with Gasteiger partial charge < -0.3 is 10.1 Å². The van der Waals surface area contributed by atoms with Gasteiger partial charge in [-0.15, -0.1) is 0 Å². The van der Waals surface area contributed by atoms with Gasteiger partial charge in [0.2, 0.25) is 0 Å². The molecule has 8 heteroatoms. The zero-order chi connectivity index (χ0) is 14.3. The SMILES string of the molecule is COC(=O)C(NCCN=[N+]=[N-])c1ccc(Cl)cc1Br. The second kappa shape index (κ2) is 8.01. The number of nitrogens with zero attached hydrogens (tertiary/aromatic N) is 3. The van der Waals surface area contributed by atoms with Gasteiger partial charge in [-0.05, 0) is 23.2 Å². The zero-order valence-corrected chi connectivity index (χ0v) is 12.5. The standard InChI is InChI=1S/C11H12BrClN4O2/c1-19-11(18)10(15-4-5-16-17-14)8-3-2-7(13)6-9(8)12/h2-3,6,10,15H,4-5H2,1H3. The number of benzene rings is 1. The Bertz CT molecular complexity index is 505. The van der Waals surface area contributed by atoms with Crippen LogP contribution < -0.4 is 5.32 Å². The van der Waals surface area contributed by atoms with Gasteiger partial charge in [0.05, 0.1) is 7.11 Å². The number of hydrogen-bond acceptors (Lipinski definition) is 4. The van der Waals surface area contributed by atoms with Gasteiger partial charge in [0.15, 0.2) is 0 Å². The third-order valence-corrected chi connectivity index (χ3v) is 3.26. The van der Waals surface area contributed by atoms with Crippen molar-refractivity contribution in [2.24, 2.45) is 5.11 Å². The van der Waals surface area contributed by atoms with Crippen LogP contribution in [0.15, 0.2) is 27.8 Å². The molecule has 0 aliphatic rings. The van der Waals surface area contributed by atoms with Gasteiger partial charge in [0.1, 0.15) is 6.04 Å². The second-order valence-electron chi connectivity index (χ2n) is 3.53. The number of halogens is 2. The molecule has 102 valence electrons. The van der Waals surface area contributed by atoms with Gasteiger partial charge in [-0.1, -0.05) is 38.7 Å². The first kappa shape index (κ1) is 15.8. The van der Waals surface area contributed by atoms with Crippen LogP contribution in [0.5, 0.6) is 0 Å². The van der Waals surface area contributed by atoms with E-state index >= 15 is 0 Å². The van der Waals surface area contributed by atoms with Crippen LogP contribution in [-0.2, 0) is 9.53 Å². The van der Waals surface area contributed by atoms with Crippen molar-refractivity contribution in [3.05, 3.63) is 43.7 Å². The van der Waals surface area contributed by atoms with Crippen LogP contribution in [0.4, 0.5) is 0 Å². The van der Waals surface area contributed by atoms with E-state index in [2.05, 4.69) is 31.3 Å². The van der Waals surface area contributed by atoms with Crippen LogP contribution in [0.1, 0.15) is 11.6 Å². The molecule has 0 radical (unpaired) electrons. The maximum Gasteiger partial charge on any atom is 0.327 e. The molecular weight excluding hydrogens is 336 g/mol. The third-order valence-electron chi connectivity index (χ3n) is 2.33. The predicted molar refractivity (Wildman–Crippen MR) is 75.9 cm³/mol. The molecule has 0 aromatic heterocycles. The summed E-state index contributed by atoms with van der Waals surface area (Å²) >= 11 is 9.21. The minimum absolute atomic E-state index is 0.245. The molecule has 0 saturated heterocycles. The molecule has 0 amide bonds. The number of rotatable bonds is 6. The highest BCUT2D eigenvalue weighted by atomic mass is 79.9. The number of esters is 1. The number of carbonyl (C=O) groups excluding carboxylic acids is 1. The molecule has 0 bridgehead atoms. The van der Waals surface area contributed by atoms with Gasteiger partial charge in [-0.3, -0.25) is 0 Å². The van der Waals surface area contributed by atoms with E-state index in [9.17, 15) is 4.79 Å². The van der Waals surface area contributed by atoms with E-state index in [0.29, 0.717) is 21.6 Å². The Hall–Kier alpha value is -1.27. The van der Waals surface area contributed by atoms with Crippen LogP contribution in [0.25, 0.3) is 10.4 Å². The van der Waals surface area contributed by atoms with E-state index in [0.717, 1.165) is 0 Å². The van der Waals surface area contributed by atoms with Gasteiger partial charge in [0.25, 0.3) is 0 Å². The molecule has 19 heavy (non-hydrogen) atoms. The van der Waals surface area contributed by atoms with E-state index in [-0.39, 0.29) is 6.54 Å². The molecular formula is C11H12BrClN4O2. The summed E-state index contributed by atoms with van der Waals surface area (Å²) in [7, 11) is 1.31. The Balaban J connectivity index is 2.89. The summed E-state index contributed by atoms with van der Waals surface area (Å²) in [6.45, 7) is 0.605. The van der Waals surface area contributed by atoms with Crippen molar-refractivity contribution in [1.82, 2.24) is 5.32 Å². The van der Waals surface area contributed by atoms with E-state index in [1.807, 2.05) is 0 Å². The van der Waals surface area contributed by atoms with Crippen molar-refractivity contribution in [3.8, 4) is 0 Å². The number of hydrogen-bond donors (Lipinski definition) is 1. The van der Waals surface area contributed by atoms with Crippen LogP contribution >= 0.6 is 27.5 Å². The largest absolute Gasteiger partial charge is 0.468 e. The lowest BCUT2D eigenvalue weighted by atomic mass is 10.1. The average Bonchev–Trinajstić information content (AvgIpc) is 2.39. The monoisotopic (exact) mass is 346 g/mol. The van der Waals surface area contributed by atoms with Crippen LogP contribution in [-0.4, -0.2) is 26.2 Å². The summed E-state index contributed by atoms with van der Waals surface area (Å²) in [6.07, 6.45) is 0. The van der Waals surface area contributed by atoms with E-state index < -0.39 is 12.0 Å². The molecule has 1 N–H and O–H groups in total. The number of methoxy groups -OCH3 is 1. The summed E-state index contributed by atoms with van der Waals surface area (Å²) in [5.41, 5.74) is 8.90. The number of carbonyl (C=O) groups is 1. The van der Waals surface area contributed by atoms with E-state index in [1.54, 1.807) is 18.2 Å². The summed E-state index contributed by atoms with van der Waals surface area (Å²) in [6, 6.07) is 4.47. The first-order valence-electron chi connectivity index (χ1n) is 5.37. The molecule has 1 aromatic rings. The van der Waals surface area contributed by atoms with Crippen LogP contribution in [0.3, 0.4) is 0 Å². The minimum Gasteiger partial charge on any atom is -0.468 e. The number of azide groups is 1. The molecule has 1 aromatic carbocycles. The van der Waals surface area contributed by atoms with E-state index in [4.69, 9.17) is 21.9 Å². The van der Waals surface area contributed by atoms with Crippen molar-refractivity contribution in [2.45, 2.75) is 6.04 Å². The first-order valence-corrected chi connectivity index (χ1v) is 6.54. The van der Waals surface area contributed by atoms with Gasteiger partial charge in [0, 0.05) is 27.5 Å². The summed E-state index contributed by atoms with van der Waals surface area (Å²) < 4.78 is 5.45. The molecule has 0 fully saturated rings. The molecule has 0 aliphatic carbocycles. The highest BCUT2D eigenvalue weighted by Crippen LogP contribution is 2.27. The summed E-state index contributed by atoms with van der Waals surface area (Å²) in [5.74, 6) is -0.427. The van der Waals surface area contributed by atoms with E-state index in [1.165, 1.54) is 7.11 Å². The number of ether oxygens (including phenoxy) is 1. The normalized spacial score (nSPS) is 11.5. The molecule has 0 spiro atoms. The summed E-state index contributed by atoms with van der Waals surface area (Å²) in [4.78, 5) is 14.4. The van der Waals surface area contributed by atoms with Gasteiger partial charge in [-0.25, -0.2) is 4.79 Å². The smallest absolute Gasteiger partial charge is 0.327 e. The Morgan fingerprint density at radius 1 is 1.68 bits per heavy atom. The lowest BCUT2D eigenvalue weighted by Crippen LogP contribution is -2.31. The van der Waals surface area contributed by atoms with Crippen molar-refractivity contribution in [3.63, 3.8) is 0 Å². The fourth-order valence-corrected chi connectivity index (χ4v) is 2.39. The maximum atomic E-state index is 11.8. The Morgan fingerprint density at radius 3 is 3.00 bits per heavy atom. The lowest BCUT2D eigenvalue weighted by molar-refractivity contribution is -0.143.